The maximum Gasteiger partial charge on any atom is 0.340 e. The maximum atomic E-state index is 12.1. The minimum absolute atomic E-state index is 0.0917. The zero-order valence-electron chi connectivity index (χ0n) is 12.5. The summed E-state index contributed by atoms with van der Waals surface area (Å²) in [4.78, 5) is 35.6. The lowest BCUT2D eigenvalue weighted by Crippen LogP contribution is -2.48. The van der Waals surface area contributed by atoms with Crippen molar-refractivity contribution in [1.82, 2.24) is 5.32 Å². The van der Waals surface area contributed by atoms with Gasteiger partial charge in [-0.2, -0.15) is 0 Å². The molecule has 116 valence electrons. The number of hydrogen-bond donors (Lipinski definition) is 1. The molecule has 7 heteroatoms. The highest BCUT2D eigenvalue weighted by Crippen LogP contribution is 2.13. The van der Waals surface area contributed by atoms with E-state index in [1.807, 2.05) is 0 Å². The summed E-state index contributed by atoms with van der Waals surface area (Å²) in [6.07, 6.45) is 0. The van der Waals surface area contributed by atoms with Crippen LogP contribution in [-0.2, 0) is 19.1 Å². The van der Waals surface area contributed by atoms with Crippen LogP contribution in [0.2, 0.25) is 0 Å². The van der Waals surface area contributed by atoms with E-state index in [0.29, 0.717) is 11.5 Å². The second-order valence-electron chi connectivity index (χ2n) is 4.24. The summed E-state index contributed by atoms with van der Waals surface area (Å²) in [6.45, 7) is 6.70. The molecule has 0 spiro atoms. The minimum atomic E-state index is -1.49. The summed E-state index contributed by atoms with van der Waals surface area (Å²) in [5.74, 6) is -1.36. The van der Waals surface area contributed by atoms with E-state index in [2.05, 4.69) is 5.32 Å². The van der Waals surface area contributed by atoms with Crippen molar-refractivity contribution in [3.8, 4) is 0 Å². The third kappa shape index (κ3) is 4.34. The van der Waals surface area contributed by atoms with Gasteiger partial charge in [0.1, 0.15) is 11.5 Å². The van der Waals surface area contributed by atoms with Crippen molar-refractivity contribution >= 4 is 17.8 Å². The van der Waals surface area contributed by atoms with E-state index in [1.54, 1.807) is 27.7 Å². The summed E-state index contributed by atoms with van der Waals surface area (Å²) in [5.41, 5.74) is 0.256. The van der Waals surface area contributed by atoms with Crippen LogP contribution in [-0.4, -0.2) is 37.1 Å². The van der Waals surface area contributed by atoms with Gasteiger partial charge in [0.15, 0.2) is 0 Å². The first-order valence-electron chi connectivity index (χ1n) is 6.61. The van der Waals surface area contributed by atoms with Crippen molar-refractivity contribution in [3.63, 3.8) is 0 Å². The van der Waals surface area contributed by atoms with Gasteiger partial charge in [0.25, 0.3) is 5.91 Å². The van der Waals surface area contributed by atoms with E-state index in [0.717, 1.165) is 0 Å². The summed E-state index contributed by atoms with van der Waals surface area (Å²) >= 11 is 0. The fourth-order valence-corrected chi connectivity index (χ4v) is 1.73. The number of hydrogen-bond acceptors (Lipinski definition) is 6. The van der Waals surface area contributed by atoms with Gasteiger partial charge in [-0.1, -0.05) is 0 Å². The molecule has 1 aromatic rings. The zero-order valence-corrected chi connectivity index (χ0v) is 12.5. The normalized spacial score (nSPS) is 10.3. The molecule has 0 bridgehead atoms. The van der Waals surface area contributed by atoms with Crippen LogP contribution < -0.4 is 5.32 Å². The molecule has 0 radical (unpaired) electrons. The highest BCUT2D eigenvalue weighted by Gasteiger charge is 2.32. The second-order valence-corrected chi connectivity index (χ2v) is 4.24. The lowest BCUT2D eigenvalue weighted by Gasteiger charge is -2.15. The van der Waals surface area contributed by atoms with E-state index in [4.69, 9.17) is 13.9 Å². The lowest BCUT2D eigenvalue weighted by molar-refractivity contribution is -0.157. The maximum absolute atomic E-state index is 12.1. The van der Waals surface area contributed by atoms with Crippen molar-refractivity contribution in [2.24, 2.45) is 0 Å². The van der Waals surface area contributed by atoms with E-state index < -0.39 is 23.9 Å². The number of amides is 1. The summed E-state index contributed by atoms with van der Waals surface area (Å²) in [7, 11) is 0. The summed E-state index contributed by atoms with van der Waals surface area (Å²) in [5, 5.41) is 2.31. The molecule has 1 amide bonds. The van der Waals surface area contributed by atoms with Gasteiger partial charge in [-0.25, -0.2) is 9.59 Å². The molecule has 1 N–H and O–H groups in total. The molecule has 0 saturated heterocycles. The Kier molecular flexibility index (Phi) is 5.95. The smallest absolute Gasteiger partial charge is 0.340 e. The molecule has 0 saturated carbocycles. The molecule has 0 fully saturated rings. The number of carbonyl (C=O) groups is 3. The number of carbonyl (C=O) groups excluding carboxylic acids is 3. The van der Waals surface area contributed by atoms with E-state index in [9.17, 15) is 14.4 Å². The number of furan rings is 1. The Morgan fingerprint density at radius 3 is 2.05 bits per heavy atom. The predicted octanol–water partition coefficient (Wildman–Crippen LogP) is 1.12. The topological polar surface area (TPSA) is 94.8 Å². The third-order valence-electron chi connectivity index (χ3n) is 2.61. The number of rotatable bonds is 6. The highest BCUT2D eigenvalue weighted by molar-refractivity contribution is 6.06. The van der Waals surface area contributed by atoms with Crippen LogP contribution in [0.5, 0.6) is 0 Å². The molecule has 0 unspecified atom stereocenters. The molecule has 7 nitrogen and oxygen atoms in total. The fourth-order valence-electron chi connectivity index (χ4n) is 1.73. The number of ether oxygens (including phenoxy) is 2. The van der Waals surface area contributed by atoms with Crippen molar-refractivity contribution in [3.05, 3.63) is 23.2 Å². The zero-order chi connectivity index (χ0) is 16.0. The average Bonchev–Trinajstić information content (AvgIpc) is 2.75. The Balaban J connectivity index is 2.90. The van der Waals surface area contributed by atoms with Crippen LogP contribution in [0.4, 0.5) is 0 Å². The molecule has 0 aromatic carbocycles. The standard InChI is InChI=1S/C14H19NO6/c1-5-19-13(17)11(14(18)20-6-2)15-12(16)10-7-8(3)21-9(10)4/h7,11H,5-6H2,1-4H3,(H,15,16). The van der Waals surface area contributed by atoms with Crippen molar-refractivity contribution in [1.29, 1.82) is 0 Å². The quantitative estimate of drug-likeness (QED) is 0.624. The second kappa shape index (κ2) is 7.47. The fraction of sp³-hybridized carbons (Fsp3) is 0.500. The van der Waals surface area contributed by atoms with Gasteiger partial charge in [0, 0.05) is 0 Å². The molecule has 21 heavy (non-hydrogen) atoms. The van der Waals surface area contributed by atoms with Gasteiger partial charge in [-0.15, -0.1) is 0 Å². The Bertz CT molecular complexity index is 516. The summed E-state index contributed by atoms with van der Waals surface area (Å²) in [6, 6.07) is 0.0323. The van der Waals surface area contributed by atoms with E-state index in [-0.39, 0.29) is 18.8 Å². The first-order valence-corrected chi connectivity index (χ1v) is 6.61. The first kappa shape index (κ1) is 16.7. The molecule has 0 aliphatic carbocycles. The van der Waals surface area contributed by atoms with Gasteiger partial charge >= 0.3 is 11.9 Å². The van der Waals surface area contributed by atoms with Crippen LogP contribution >= 0.6 is 0 Å². The van der Waals surface area contributed by atoms with Crippen molar-refractivity contribution in [2.75, 3.05) is 13.2 Å². The number of aryl methyl sites for hydroxylation is 2. The Labute approximate surface area is 122 Å². The molecular formula is C14H19NO6. The molecule has 1 aromatic heterocycles. The SMILES string of the molecule is CCOC(=O)C(NC(=O)c1cc(C)oc1C)C(=O)OCC. The largest absolute Gasteiger partial charge is 0.466 e. The minimum Gasteiger partial charge on any atom is -0.466 e. The predicted molar refractivity (Wildman–Crippen MR) is 72.7 cm³/mol. The van der Waals surface area contributed by atoms with Crippen molar-refractivity contribution < 1.29 is 28.3 Å². The van der Waals surface area contributed by atoms with E-state index >= 15 is 0 Å². The molecular weight excluding hydrogens is 278 g/mol. The van der Waals surface area contributed by atoms with Crippen LogP contribution in [0.25, 0.3) is 0 Å². The van der Waals surface area contributed by atoms with Crippen LogP contribution in [0.1, 0.15) is 35.7 Å². The Hall–Kier alpha value is -2.31. The Morgan fingerprint density at radius 1 is 1.14 bits per heavy atom. The van der Waals surface area contributed by atoms with Gasteiger partial charge in [-0.3, -0.25) is 4.79 Å². The van der Waals surface area contributed by atoms with Crippen molar-refractivity contribution in [2.45, 2.75) is 33.7 Å². The molecule has 1 heterocycles. The van der Waals surface area contributed by atoms with E-state index in [1.165, 1.54) is 6.07 Å². The van der Waals surface area contributed by atoms with Crippen LogP contribution in [0.3, 0.4) is 0 Å². The van der Waals surface area contributed by atoms with Gasteiger partial charge in [0.05, 0.1) is 18.8 Å². The Morgan fingerprint density at radius 2 is 1.67 bits per heavy atom. The molecule has 1 rings (SSSR count). The lowest BCUT2D eigenvalue weighted by atomic mass is 10.2. The molecule has 0 aliphatic heterocycles. The van der Waals surface area contributed by atoms with Crippen LogP contribution in [0.15, 0.2) is 10.5 Å². The first-order chi connectivity index (χ1) is 9.90. The van der Waals surface area contributed by atoms with Gasteiger partial charge in [-0.05, 0) is 33.8 Å². The monoisotopic (exact) mass is 297 g/mol. The molecule has 0 atom stereocenters. The number of nitrogens with one attached hydrogen (secondary N) is 1. The molecule has 0 aliphatic rings. The van der Waals surface area contributed by atoms with Gasteiger partial charge < -0.3 is 19.2 Å². The average molecular weight is 297 g/mol. The highest BCUT2D eigenvalue weighted by atomic mass is 16.6. The van der Waals surface area contributed by atoms with Gasteiger partial charge in [0.2, 0.25) is 6.04 Å². The number of esters is 2. The third-order valence-corrected chi connectivity index (χ3v) is 2.61. The van der Waals surface area contributed by atoms with Crippen LogP contribution in [0, 0.1) is 13.8 Å². The summed E-state index contributed by atoms with van der Waals surface area (Å²) < 4.78 is 14.8.